The highest BCUT2D eigenvalue weighted by molar-refractivity contribution is 7.98. The van der Waals surface area contributed by atoms with Gasteiger partial charge in [0.1, 0.15) is 17.1 Å². The molecule has 22 heavy (non-hydrogen) atoms. The van der Waals surface area contributed by atoms with Crippen LogP contribution < -0.4 is 0 Å². The highest BCUT2D eigenvalue weighted by Gasteiger charge is 2.16. The second-order valence-electron chi connectivity index (χ2n) is 4.36. The van der Waals surface area contributed by atoms with Crippen molar-refractivity contribution in [2.24, 2.45) is 0 Å². The molecule has 0 saturated heterocycles. The smallest absolute Gasteiger partial charge is 0.341 e. The summed E-state index contributed by atoms with van der Waals surface area (Å²) >= 11 is 3.09. The molecule has 0 aliphatic heterocycles. The maximum absolute atomic E-state index is 11.6. The average molecular weight is 335 g/mol. The monoisotopic (exact) mass is 335 g/mol. The summed E-state index contributed by atoms with van der Waals surface area (Å²) in [4.78, 5) is 17.2. The number of aromatic nitrogens is 3. The lowest BCUT2D eigenvalue weighted by Gasteiger charge is -1.99. The van der Waals surface area contributed by atoms with Gasteiger partial charge in [0, 0.05) is 11.3 Å². The molecular formula is C14H13N3O3S2. The van der Waals surface area contributed by atoms with Crippen molar-refractivity contribution < 1.29 is 13.9 Å². The Bertz CT molecular complexity index is 749. The van der Waals surface area contributed by atoms with E-state index in [4.69, 9.17) is 9.15 Å². The summed E-state index contributed by atoms with van der Waals surface area (Å²) in [6.45, 7) is 0. The van der Waals surface area contributed by atoms with Crippen molar-refractivity contribution in [3.05, 3.63) is 51.9 Å². The average Bonchev–Trinajstić information content (AvgIpc) is 3.26. The van der Waals surface area contributed by atoms with Crippen LogP contribution >= 0.6 is 23.1 Å². The molecule has 3 heterocycles. The van der Waals surface area contributed by atoms with Gasteiger partial charge in [-0.1, -0.05) is 17.8 Å². The molecule has 0 aliphatic rings. The van der Waals surface area contributed by atoms with E-state index in [2.05, 4.69) is 21.2 Å². The number of hydrogen-bond acceptors (Lipinski definition) is 7. The Morgan fingerprint density at radius 2 is 2.41 bits per heavy atom. The number of nitrogens with zero attached hydrogens (tertiary/aromatic N) is 2. The number of thiophene rings is 1. The van der Waals surface area contributed by atoms with Gasteiger partial charge in [-0.25, -0.2) is 9.78 Å². The number of carbonyl (C=O) groups is 1. The van der Waals surface area contributed by atoms with Gasteiger partial charge in [-0.2, -0.15) is 0 Å². The van der Waals surface area contributed by atoms with Crippen LogP contribution in [-0.4, -0.2) is 28.3 Å². The number of thioether (sulfide) groups is 1. The maximum Gasteiger partial charge on any atom is 0.341 e. The minimum atomic E-state index is -0.405. The van der Waals surface area contributed by atoms with E-state index in [1.165, 1.54) is 30.0 Å². The number of rotatable bonds is 6. The molecular weight excluding hydrogens is 322 g/mol. The van der Waals surface area contributed by atoms with E-state index < -0.39 is 5.97 Å². The number of nitrogens with one attached hydrogen (secondary N) is 1. The summed E-state index contributed by atoms with van der Waals surface area (Å²) in [6.07, 6.45) is 2.21. The molecule has 0 amide bonds. The zero-order chi connectivity index (χ0) is 15.4. The van der Waals surface area contributed by atoms with Crippen LogP contribution in [-0.2, 0) is 16.9 Å². The molecule has 0 aliphatic carbocycles. The molecule has 3 rings (SSSR count). The van der Waals surface area contributed by atoms with Crippen molar-refractivity contribution in [3.8, 4) is 0 Å². The van der Waals surface area contributed by atoms with Gasteiger partial charge in [0.15, 0.2) is 0 Å². The number of hydrogen-bond donors (Lipinski definition) is 1. The van der Waals surface area contributed by atoms with Gasteiger partial charge in [0.25, 0.3) is 0 Å². The number of esters is 1. The van der Waals surface area contributed by atoms with Gasteiger partial charge in [-0.15, -0.1) is 16.4 Å². The number of methoxy groups -OCH3 is 1. The van der Waals surface area contributed by atoms with Gasteiger partial charge in [0.2, 0.25) is 5.16 Å². The summed E-state index contributed by atoms with van der Waals surface area (Å²) in [7, 11) is 1.35. The van der Waals surface area contributed by atoms with Gasteiger partial charge in [-0.3, -0.25) is 5.10 Å². The molecule has 0 radical (unpaired) electrons. The topological polar surface area (TPSA) is 81.0 Å². The van der Waals surface area contributed by atoms with E-state index in [1.54, 1.807) is 17.4 Å². The fraction of sp³-hybridized carbons (Fsp3) is 0.214. The van der Waals surface area contributed by atoms with Crippen LogP contribution in [0.3, 0.4) is 0 Å². The van der Waals surface area contributed by atoms with Gasteiger partial charge in [-0.05, 0) is 17.5 Å². The van der Waals surface area contributed by atoms with Crippen LogP contribution in [0.4, 0.5) is 0 Å². The van der Waals surface area contributed by atoms with Crippen molar-refractivity contribution in [3.63, 3.8) is 0 Å². The highest BCUT2D eigenvalue weighted by atomic mass is 32.2. The number of H-pyrrole nitrogens is 1. The maximum atomic E-state index is 11.6. The largest absolute Gasteiger partial charge is 0.468 e. The summed E-state index contributed by atoms with van der Waals surface area (Å²) in [5, 5.41) is 9.75. The lowest BCUT2D eigenvalue weighted by atomic mass is 10.3. The van der Waals surface area contributed by atoms with Crippen molar-refractivity contribution in [2.45, 2.75) is 17.3 Å². The number of carbonyl (C=O) groups excluding carboxylic acids is 1. The summed E-state index contributed by atoms with van der Waals surface area (Å²) < 4.78 is 10.0. The van der Waals surface area contributed by atoms with E-state index in [-0.39, 0.29) is 0 Å². The lowest BCUT2D eigenvalue weighted by Crippen LogP contribution is -2.02. The van der Waals surface area contributed by atoms with Gasteiger partial charge >= 0.3 is 5.97 Å². The Labute approximate surface area is 134 Å². The molecule has 6 nitrogen and oxygen atoms in total. The molecule has 0 bridgehead atoms. The molecule has 0 spiro atoms. The van der Waals surface area contributed by atoms with Gasteiger partial charge < -0.3 is 9.15 Å². The van der Waals surface area contributed by atoms with Crippen molar-refractivity contribution in [1.29, 1.82) is 0 Å². The fourth-order valence-electron chi connectivity index (χ4n) is 1.87. The van der Waals surface area contributed by atoms with E-state index >= 15 is 0 Å². The Morgan fingerprint density at radius 1 is 1.50 bits per heavy atom. The molecule has 0 unspecified atom stereocenters. The third kappa shape index (κ3) is 3.40. The lowest BCUT2D eigenvalue weighted by molar-refractivity contribution is 0.0598. The standard InChI is InChI=1S/C14H13N3O3S2/c1-19-13(18)10-4-5-20-11(10)8-22-14-15-12(16-17-14)7-9-3-2-6-21-9/h2-6H,7-8H2,1H3,(H,15,16,17). The van der Waals surface area contributed by atoms with Gasteiger partial charge in [0.05, 0.1) is 19.1 Å². The van der Waals surface area contributed by atoms with Crippen LogP contribution in [0.25, 0.3) is 0 Å². The first kappa shape index (κ1) is 14.9. The Kier molecular flexibility index (Phi) is 4.59. The highest BCUT2D eigenvalue weighted by Crippen LogP contribution is 2.23. The molecule has 3 aromatic heterocycles. The van der Waals surface area contributed by atoms with Crippen LogP contribution in [0.5, 0.6) is 0 Å². The predicted octanol–water partition coefficient (Wildman–Crippen LogP) is 3.13. The molecule has 8 heteroatoms. The molecule has 0 atom stereocenters. The van der Waals surface area contributed by atoms with E-state index in [1.807, 2.05) is 11.4 Å². The zero-order valence-corrected chi connectivity index (χ0v) is 13.4. The second-order valence-corrected chi connectivity index (χ2v) is 6.33. The van der Waals surface area contributed by atoms with E-state index in [9.17, 15) is 4.79 Å². The predicted molar refractivity (Wildman–Crippen MR) is 83.1 cm³/mol. The summed E-state index contributed by atoms with van der Waals surface area (Å²) in [5.41, 5.74) is 0.435. The first-order valence-electron chi connectivity index (χ1n) is 6.47. The quantitative estimate of drug-likeness (QED) is 0.550. The van der Waals surface area contributed by atoms with E-state index in [0.717, 1.165) is 12.2 Å². The van der Waals surface area contributed by atoms with Crippen LogP contribution in [0.2, 0.25) is 0 Å². The van der Waals surface area contributed by atoms with Crippen LogP contribution in [0.1, 0.15) is 26.8 Å². The fourth-order valence-corrected chi connectivity index (χ4v) is 3.35. The molecule has 0 saturated carbocycles. The number of furan rings is 1. The SMILES string of the molecule is COC(=O)c1ccoc1CSc1n[nH]c(Cc2cccs2)n1. The molecule has 1 N–H and O–H groups in total. The minimum Gasteiger partial charge on any atom is -0.468 e. The van der Waals surface area contributed by atoms with Crippen molar-refractivity contribution >= 4 is 29.1 Å². The number of ether oxygens (including phenoxy) is 1. The first-order chi connectivity index (χ1) is 10.8. The van der Waals surface area contributed by atoms with Crippen molar-refractivity contribution in [1.82, 2.24) is 15.2 Å². The van der Waals surface area contributed by atoms with Crippen LogP contribution in [0.15, 0.2) is 39.4 Å². The molecule has 0 fully saturated rings. The third-order valence-corrected chi connectivity index (χ3v) is 4.64. The molecule has 0 aromatic carbocycles. The normalized spacial score (nSPS) is 10.8. The van der Waals surface area contributed by atoms with Crippen LogP contribution in [0, 0.1) is 0 Å². The molecule has 3 aromatic rings. The number of aromatic amines is 1. The Balaban J connectivity index is 1.61. The molecule has 114 valence electrons. The summed E-state index contributed by atoms with van der Waals surface area (Å²) in [5.74, 6) is 1.44. The zero-order valence-electron chi connectivity index (χ0n) is 11.7. The second kappa shape index (κ2) is 6.80. The van der Waals surface area contributed by atoms with Crippen molar-refractivity contribution in [2.75, 3.05) is 7.11 Å². The Hall–Kier alpha value is -2.06. The third-order valence-electron chi connectivity index (χ3n) is 2.92. The van der Waals surface area contributed by atoms with E-state index in [0.29, 0.717) is 22.2 Å². The Morgan fingerprint density at radius 3 is 3.18 bits per heavy atom. The minimum absolute atomic E-state index is 0.405. The summed E-state index contributed by atoms with van der Waals surface area (Å²) in [6, 6.07) is 5.67. The first-order valence-corrected chi connectivity index (χ1v) is 8.34.